The molecule has 4 heteroatoms. The Morgan fingerprint density at radius 3 is 1.79 bits per heavy atom. The molecule has 8 rings (SSSR count). The average molecular weight is 553 g/mol. The number of hydrogen-bond donors (Lipinski definition) is 0. The smallest absolute Gasteiger partial charge is 0.160 e. The third-order valence-electron chi connectivity index (χ3n) is 8.16. The van der Waals surface area contributed by atoms with E-state index in [1.54, 1.807) is 6.20 Å². The third kappa shape index (κ3) is 4.63. The van der Waals surface area contributed by atoms with Crippen LogP contribution in [0.1, 0.15) is 18.7 Å². The van der Waals surface area contributed by atoms with Crippen LogP contribution in [0.2, 0.25) is 0 Å². The van der Waals surface area contributed by atoms with Crippen LogP contribution >= 0.6 is 0 Å². The molecule has 0 amide bonds. The lowest BCUT2D eigenvalue weighted by atomic mass is 10.0. The standard InChI is InChI=1S/C39H28N4/c1-2-9-30(10-3-1)39-41-35(28-18-16-27(17-19-28)31-11-8-24-40-26-31)25-36(42-39)29-20-22-32(23-21-29)43-37-14-6-4-12-33(37)34-13-5-7-15-38(34)43/h2,4-26H,1,3H2. The van der Waals surface area contributed by atoms with Gasteiger partial charge in [-0.15, -0.1) is 0 Å². The summed E-state index contributed by atoms with van der Waals surface area (Å²) in [6.07, 6.45) is 12.3. The zero-order valence-electron chi connectivity index (χ0n) is 23.6. The molecule has 0 unspecified atom stereocenters. The Hall–Kier alpha value is -5.61. The molecule has 204 valence electrons. The summed E-state index contributed by atoms with van der Waals surface area (Å²) >= 11 is 0. The van der Waals surface area contributed by atoms with Gasteiger partial charge in [-0.2, -0.15) is 0 Å². The van der Waals surface area contributed by atoms with Crippen LogP contribution in [0.15, 0.2) is 146 Å². The van der Waals surface area contributed by atoms with Gasteiger partial charge in [-0.1, -0.05) is 97.1 Å². The van der Waals surface area contributed by atoms with Gasteiger partial charge in [0.1, 0.15) is 0 Å². The zero-order valence-corrected chi connectivity index (χ0v) is 23.6. The van der Waals surface area contributed by atoms with Crippen molar-refractivity contribution in [3.63, 3.8) is 0 Å². The normalized spacial score (nSPS) is 13.0. The van der Waals surface area contributed by atoms with E-state index in [9.17, 15) is 0 Å². The van der Waals surface area contributed by atoms with Crippen LogP contribution in [0, 0.1) is 0 Å². The Morgan fingerprint density at radius 2 is 1.19 bits per heavy atom. The topological polar surface area (TPSA) is 43.6 Å². The van der Waals surface area contributed by atoms with E-state index < -0.39 is 0 Å². The van der Waals surface area contributed by atoms with Gasteiger partial charge in [0.25, 0.3) is 0 Å². The minimum atomic E-state index is 0.756. The number of rotatable bonds is 5. The molecule has 1 aliphatic carbocycles. The van der Waals surface area contributed by atoms with Crippen molar-refractivity contribution < 1.29 is 0 Å². The van der Waals surface area contributed by atoms with Gasteiger partial charge >= 0.3 is 0 Å². The molecule has 0 bridgehead atoms. The molecule has 0 atom stereocenters. The maximum atomic E-state index is 5.06. The van der Waals surface area contributed by atoms with Crippen molar-refractivity contribution in [2.45, 2.75) is 12.8 Å². The number of aromatic nitrogens is 4. The van der Waals surface area contributed by atoms with Crippen LogP contribution in [0.4, 0.5) is 0 Å². The Bertz CT molecular complexity index is 2100. The quantitative estimate of drug-likeness (QED) is 0.213. The van der Waals surface area contributed by atoms with E-state index in [4.69, 9.17) is 9.97 Å². The van der Waals surface area contributed by atoms with Crippen molar-refractivity contribution in [2.75, 3.05) is 0 Å². The van der Waals surface area contributed by atoms with Crippen LogP contribution in [0.3, 0.4) is 0 Å². The minimum absolute atomic E-state index is 0.756. The van der Waals surface area contributed by atoms with Gasteiger partial charge in [0, 0.05) is 45.6 Å². The van der Waals surface area contributed by atoms with Gasteiger partial charge in [0.2, 0.25) is 0 Å². The number of benzene rings is 4. The highest BCUT2D eigenvalue weighted by molar-refractivity contribution is 6.09. The van der Waals surface area contributed by atoms with E-state index in [0.717, 1.165) is 63.6 Å². The van der Waals surface area contributed by atoms with Crippen molar-refractivity contribution in [1.29, 1.82) is 0 Å². The van der Waals surface area contributed by atoms with Crippen LogP contribution in [-0.4, -0.2) is 19.5 Å². The lowest BCUT2D eigenvalue weighted by Crippen LogP contribution is -2.00. The number of pyridine rings is 1. The second kappa shape index (κ2) is 10.7. The van der Waals surface area contributed by atoms with Crippen LogP contribution in [0.5, 0.6) is 0 Å². The van der Waals surface area contributed by atoms with Crippen LogP contribution in [-0.2, 0) is 0 Å². The van der Waals surface area contributed by atoms with Crippen LogP contribution < -0.4 is 0 Å². The highest BCUT2D eigenvalue weighted by Gasteiger charge is 2.14. The molecule has 0 saturated carbocycles. The van der Waals surface area contributed by atoms with Crippen molar-refractivity contribution >= 4 is 27.4 Å². The van der Waals surface area contributed by atoms with Gasteiger partial charge in [-0.05, 0) is 60.4 Å². The summed E-state index contributed by atoms with van der Waals surface area (Å²) in [5.74, 6) is 0.756. The average Bonchev–Trinajstić information content (AvgIpc) is 3.43. The summed E-state index contributed by atoms with van der Waals surface area (Å²) in [6, 6.07) is 40.6. The molecule has 0 aliphatic heterocycles. The first-order chi connectivity index (χ1) is 21.3. The predicted molar refractivity (Wildman–Crippen MR) is 177 cm³/mol. The molecule has 0 saturated heterocycles. The van der Waals surface area contributed by atoms with E-state index in [1.165, 1.54) is 21.8 Å². The largest absolute Gasteiger partial charge is 0.309 e. The van der Waals surface area contributed by atoms with E-state index in [2.05, 4.69) is 137 Å². The molecule has 3 aromatic heterocycles. The lowest BCUT2D eigenvalue weighted by Gasteiger charge is -2.13. The molecule has 1 aliphatic rings. The van der Waals surface area contributed by atoms with Gasteiger partial charge < -0.3 is 4.57 Å². The number of nitrogens with zero attached hydrogens (tertiary/aromatic N) is 4. The molecule has 0 N–H and O–H groups in total. The third-order valence-corrected chi connectivity index (χ3v) is 8.16. The number of para-hydroxylation sites is 2. The molecule has 43 heavy (non-hydrogen) atoms. The summed E-state index contributed by atoms with van der Waals surface area (Å²) in [5, 5.41) is 2.52. The highest BCUT2D eigenvalue weighted by Crippen LogP contribution is 2.33. The van der Waals surface area contributed by atoms with Gasteiger partial charge in [-0.25, -0.2) is 9.97 Å². The van der Waals surface area contributed by atoms with Gasteiger partial charge in [-0.3, -0.25) is 4.98 Å². The SMILES string of the molecule is C1=CC(c2nc(-c3ccc(-c4cccnc4)cc3)cc(-c3ccc(-n4c5ccccc5c5ccccc54)cc3)n2)=CCC1. The van der Waals surface area contributed by atoms with E-state index >= 15 is 0 Å². The summed E-state index contributed by atoms with van der Waals surface area (Å²) in [7, 11) is 0. The molecular formula is C39H28N4. The molecule has 0 spiro atoms. The Kier molecular flexibility index (Phi) is 6.23. The fraction of sp³-hybridized carbons (Fsp3) is 0.0513. The van der Waals surface area contributed by atoms with Crippen molar-refractivity contribution in [3.8, 4) is 39.3 Å². The molecule has 0 fully saturated rings. The van der Waals surface area contributed by atoms with Crippen molar-refractivity contribution in [2.24, 2.45) is 0 Å². The van der Waals surface area contributed by atoms with Crippen LogP contribution in [0.25, 0.3) is 66.7 Å². The molecular weight excluding hydrogens is 524 g/mol. The Balaban J connectivity index is 1.21. The molecule has 7 aromatic rings. The second-order valence-electron chi connectivity index (χ2n) is 10.8. The molecule has 4 nitrogen and oxygen atoms in total. The summed E-state index contributed by atoms with van der Waals surface area (Å²) in [5.41, 5.74) is 10.8. The van der Waals surface area contributed by atoms with Gasteiger partial charge in [0.15, 0.2) is 5.82 Å². The zero-order chi connectivity index (χ0) is 28.6. The fourth-order valence-corrected chi connectivity index (χ4v) is 6.00. The van der Waals surface area contributed by atoms with Crippen molar-refractivity contribution in [3.05, 3.63) is 152 Å². The number of allylic oxidation sites excluding steroid dienone is 4. The molecule has 3 heterocycles. The van der Waals surface area contributed by atoms with E-state index in [1.807, 2.05) is 12.3 Å². The number of hydrogen-bond acceptors (Lipinski definition) is 3. The minimum Gasteiger partial charge on any atom is -0.309 e. The fourth-order valence-electron chi connectivity index (χ4n) is 6.00. The van der Waals surface area contributed by atoms with E-state index in [0.29, 0.717) is 0 Å². The second-order valence-corrected chi connectivity index (χ2v) is 10.8. The Labute approximate surface area is 250 Å². The first kappa shape index (κ1) is 25.1. The predicted octanol–water partition coefficient (Wildman–Crippen LogP) is 9.70. The molecule has 0 radical (unpaired) electrons. The Morgan fingerprint density at radius 1 is 0.558 bits per heavy atom. The van der Waals surface area contributed by atoms with Gasteiger partial charge in [0.05, 0.1) is 22.4 Å². The highest BCUT2D eigenvalue weighted by atomic mass is 15.0. The lowest BCUT2D eigenvalue weighted by molar-refractivity contribution is 1.03. The van der Waals surface area contributed by atoms with E-state index in [-0.39, 0.29) is 0 Å². The first-order valence-electron chi connectivity index (χ1n) is 14.7. The summed E-state index contributed by atoms with van der Waals surface area (Å²) in [6.45, 7) is 0. The first-order valence-corrected chi connectivity index (χ1v) is 14.7. The summed E-state index contributed by atoms with van der Waals surface area (Å²) in [4.78, 5) is 14.4. The maximum Gasteiger partial charge on any atom is 0.160 e. The number of fused-ring (bicyclic) bond motifs is 3. The monoisotopic (exact) mass is 552 g/mol. The molecule has 4 aromatic carbocycles. The van der Waals surface area contributed by atoms with Crippen molar-refractivity contribution in [1.82, 2.24) is 19.5 Å². The summed E-state index contributed by atoms with van der Waals surface area (Å²) < 4.78 is 2.34. The maximum absolute atomic E-state index is 5.06.